The minimum absolute atomic E-state index is 0.0144. The van der Waals surface area contributed by atoms with Crippen LogP contribution in [0.3, 0.4) is 0 Å². The number of ether oxygens (including phenoxy) is 1. The molecule has 0 saturated carbocycles. The molecule has 3 amide bonds. The van der Waals surface area contributed by atoms with Crippen LogP contribution in [0.5, 0.6) is 0 Å². The first-order valence-electron chi connectivity index (χ1n) is 21.7. The van der Waals surface area contributed by atoms with Crippen LogP contribution in [0.15, 0.2) is 134 Å². The lowest BCUT2D eigenvalue weighted by atomic mass is 9.95. The number of methoxy groups -OCH3 is 1. The zero-order chi connectivity index (χ0) is 46.1. The number of nitrogens with one attached hydrogen (secondary N) is 1. The largest absolute Gasteiger partial charge is 0.481 e. The number of carboxylic acids is 1. The number of pyridine rings is 1. The summed E-state index contributed by atoms with van der Waals surface area (Å²) in [5.74, 6) is -1.32. The fourth-order valence-electron chi connectivity index (χ4n) is 7.82. The molecule has 13 nitrogen and oxygen atoms in total. The van der Waals surface area contributed by atoms with E-state index in [1.54, 1.807) is 23.4 Å². The number of hydrogen-bond donors (Lipinski definition) is 2. The Morgan fingerprint density at radius 1 is 0.692 bits per heavy atom. The summed E-state index contributed by atoms with van der Waals surface area (Å²) >= 11 is 11.9. The molecule has 2 N–H and O–H groups in total. The molecule has 0 bridgehead atoms. The van der Waals surface area contributed by atoms with E-state index in [4.69, 9.17) is 28.3 Å². The summed E-state index contributed by atoms with van der Waals surface area (Å²) in [5, 5.41) is 13.5. The van der Waals surface area contributed by atoms with Crippen molar-refractivity contribution < 1.29 is 33.8 Å². The Balaban J connectivity index is 0.000000186. The van der Waals surface area contributed by atoms with Crippen molar-refractivity contribution >= 4 is 52.9 Å². The zero-order valence-electron chi connectivity index (χ0n) is 36.4. The van der Waals surface area contributed by atoms with Crippen molar-refractivity contribution in [2.75, 3.05) is 39.8 Å². The average molecular weight is 922 g/mol. The molecular weight excluding hydrogens is 867 g/mol. The van der Waals surface area contributed by atoms with E-state index < -0.39 is 5.97 Å². The first-order valence-corrected chi connectivity index (χ1v) is 22.5. The molecule has 8 rings (SSSR count). The number of benzene rings is 2. The Bertz CT molecular complexity index is 2430. The summed E-state index contributed by atoms with van der Waals surface area (Å²) in [4.78, 5) is 67.7. The van der Waals surface area contributed by atoms with E-state index in [1.807, 2.05) is 124 Å². The third-order valence-corrected chi connectivity index (χ3v) is 12.1. The minimum Gasteiger partial charge on any atom is -0.481 e. The summed E-state index contributed by atoms with van der Waals surface area (Å²) < 4.78 is 8.36. The van der Waals surface area contributed by atoms with E-state index in [9.17, 15) is 24.0 Å². The number of carboxylic acid groups (broad SMARTS) is 1. The number of likely N-dealkylation sites (tertiary alicyclic amines) is 2. The molecule has 0 unspecified atom stereocenters. The lowest BCUT2D eigenvalue weighted by Crippen LogP contribution is -2.43. The molecule has 5 aromatic rings. The Hall–Kier alpha value is -6.44. The van der Waals surface area contributed by atoms with Crippen LogP contribution >= 0.6 is 23.2 Å². The van der Waals surface area contributed by atoms with Gasteiger partial charge in [-0.05, 0) is 116 Å². The number of allylic oxidation sites excluding steroid dienone is 3. The first-order chi connectivity index (χ1) is 31.5. The number of nitrogens with zero attached hydrogens (tertiary/aromatic N) is 5. The Morgan fingerprint density at radius 2 is 1.18 bits per heavy atom. The SMILES string of the molecule is COC(=O)C1=CC=CC1.O=C(NCCc1ccncc1)C1CCN(C(=O)c2cccn2Cc2ccc(Cl)cc2)CC1.O=C(O)C1CCN(C(=O)c2cccn2Cc2ccc(Cl)cc2)CC1. The second-order valence-corrected chi connectivity index (χ2v) is 16.9. The van der Waals surface area contributed by atoms with Crippen molar-refractivity contribution in [3.8, 4) is 0 Å². The van der Waals surface area contributed by atoms with E-state index in [-0.39, 0.29) is 35.5 Å². The van der Waals surface area contributed by atoms with Crippen LogP contribution < -0.4 is 5.32 Å². The molecule has 0 radical (unpaired) electrons. The molecule has 5 heterocycles. The van der Waals surface area contributed by atoms with Gasteiger partial charge in [0.1, 0.15) is 11.4 Å². The summed E-state index contributed by atoms with van der Waals surface area (Å²) in [7, 11) is 1.39. The number of amides is 3. The van der Waals surface area contributed by atoms with Gasteiger partial charge < -0.3 is 34.1 Å². The van der Waals surface area contributed by atoms with Gasteiger partial charge in [0.25, 0.3) is 11.8 Å². The molecule has 65 heavy (non-hydrogen) atoms. The zero-order valence-corrected chi connectivity index (χ0v) is 37.9. The van der Waals surface area contributed by atoms with Crippen molar-refractivity contribution in [3.05, 3.63) is 172 Å². The molecule has 15 heteroatoms. The van der Waals surface area contributed by atoms with Crippen LogP contribution in [0.25, 0.3) is 0 Å². The highest BCUT2D eigenvalue weighted by Crippen LogP contribution is 2.22. The maximum Gasteiger partial charge on any atom is 0.334 e. The number of carbonyl (C=O) groups excluding carboxylic acids is 4. The number of esters is 1. The quantitative estimate of drug-likeness (QED) is 0.120. The highest BCUT2D eigenvalue weighted by Gasteiger charge is 2.30. The summed E-state index contributed by atoms with van der Waals surface area (Å²) in [5.41, 5.74) is 5.33. The highest BCUT2D eigenvalue weighted by molar-refractivity contribution is 6.30. The Morgan fingerprint density at radius 3 is 1.63 bits per heavy atom. The van der Waals surface area contributed by atoms with Crippen LogP contribution in [0, 0.1) is 11.8 Å². The lowest BCUT2D eigenvalue weighted by molar-refractivity contribution is -0.143. The number of aromatic nitrogens is 3. The van der Waals surface area contributed by atoms with Crippen molar-refractivity contribution in [2.45, 2.75) is 51.6 Å². The van der Waals surface area contributed by atoms with Gasteiger partial charge in [-0.2, -0.15) is 0 Å². The molecule has 340 valence electrons. The van der Waals surface area contributed by atoms with Crippen LogP contribution in [0.4, 0.5) is 0 Å². The standard InChI is InChI=1S/C25H27ClN4O2.C18H19ClN2O3.C7H8O2/c26-22-5-3-20(4-6-22)18-30-15-1-2-23(30)25(32)29-16-10-21(11-17-29)24(31)28-14-9-19-7-12-27-13-8-19;19-15-5-3-13(4-6-15)12-21-9-1-2-16(21)17(22)20-10-7-14(8-11-20)18(23)24;1-9-7(8)6-4-2-3-5-6/h1-8,12-13,15,21H,9-11,14,16-18H2,(H,28,31);1-6,9,14H,7-8,10-12H2,(H,23,24);2-4H,5H2,1H3. The Kier molecular flexibility index (Phi) is 17.7. The number of carbonyl (C=O) groups is 5. The number of rotatable bonds is 12. The van der Waals surface area contributed by atoms with Gasteiger partial charge in [0, 0.05) is 92.1 Å². The number of halogens is 2. The number of hydrogen-bond acceptors (Lipinski definition) is 7. The fraction of sp³-hybridized carbons (Fsp3) is 0.320. The highest BCUT2D eigenvalue weighted by atomic mass is 35.5. The van der Waals surface area contributed by atoms with Gasteiger partial charge in [-0.25, -0.2) is 4.79 Å². The predicted molar refractivity (Wildman–Crippen MR) is 250 cm³/mol. The minimum atomic E-state index is -0.770. The van der Waals surface area contributed by atoms with E-state index in [2.05, 4.69) is 15.0 Å². The van der Waals surface area contributed by atoms with Crippen molar-refractivity contribution in [2.24, 2.45) is 11.8 Å². The smallest absolute Gasteiger partial charge is 0.334 e. The van der Waals surface area contributed by atoms with Gasteiger partial charge in [-0.15, -0.1) is 0 Å². The monoisotopic (exact) mass is 920 g/mol. The molecule has 2 aliphatic heterocycles. The van der Waals surface area contributed by atoms with Crippen LogP contribution in [0.1, 0.15) is 69.8 Å². The lowest BCUT2D eigenvalue weighted by Gasteiger charge is -2.31. The van der Waals surface area contributed by atoms with E-state index in [0.717, 1.165) is 28.7 Å². The number of aliphatic carboxylic acids is 1. The van der Waals surface area contributed by atoms with Gasteiger partial charge in [0.2, 0.25) is 5.91 Å². The first kappa shape index (κ1) is 48.0. The molecule has 2 saturated heterocycles. The van der Waals surface area contributed by atoms with Crippen molar-refractivity contribution in [1.29, 1.82) is 0 Å². The van der Waals surface area contributed by atoms with Crippen molar-refractivity contribution in [1.82, 2.24) is 29.2 Å². The van der Waals surface area contributed by atoms with Crippen LogP contribution in [0.2, 0.25) is 10.0 Å². The maximum atomic E-state index is 13.1. The molecule has 2 aromatic carbocycles. The third-order valence-electron chi connectivity index (χ3n) is 11.6. The van der Waals surface area contributed by atoms with Gasteiger partial charge in [-0.3, -0.25) is 24.2 Å². The molecule has 0 spiro atoms. The Labute approximate surface area is 389 Å². The van der Waals surface area contributed by atoms with E-state index in [1.165, 1.54) is 7.11 Å². The summed E-state index contributed by atoms with van der Waals surface area (Å²) in [6.07, 6.45) is 16.8. The van der Waals surface area contributed by atoms with Crippen molar-refractivity contribution in [3.63, 3.8) is 0 Å². The summed E-state index contributed by atoms with van der Waals surface area (Å²) in [6, 6.07) is 26.5. The maximum absolute atomic E-state index is 13.1. The van der Waals surface area contributed by atoms with Crippen LogP contribution in [-0.4, -0.2) is 98.5 Å². The molecule has 1 aliphatic carbocycles. The molecule has 3 aromatic heterocycles. The van der Waals surface area contributed by atoms with Crippen LogP contribution in [-0.2, 0) is 38.6 Å². The predicted octanol–water partition coefficient (Wildman–Crippen LogP) is 7.97. The van der Waals surface area contributed by atoms with Gasteiger partial charge in [0.15, 0.2) is 0 Å². The average Bonchev–Trinajstić information content (AvgIpc) is 4.15. The summed E-state index contributed by atoms with van der Waals surface area (Å²) in [6.45, 7) is 3.98. The molecule has 0 atom stereocenters. The van der Waals surface area contributed by atoms with E-state index in [0.29, 0.717) is 99.4 Å². The second kappa shape index (κ2) is 24.0. The van der Waals surface area contributed by atoms with Gasteiger partial charge >= 0.3 is 11.9 Å². The number of piperidine rings is 2. The fourth-order valence-corrected chi connectivity index (χ4v) is 8.07. The normalized spacial score (nSPS) is 14.9. The van der Waals surface area contributed by atoms with Gasteiger partial charge in [0.05, 0.1) is 13.0 Å². The third kappa shape index (κ3) is 14.0. The molecule has 2 fully saturated rings. The second-order valence-electron chi connectivity index (χ2n) is 16.0. The van der Waals surface area contributed by atoms with Gasteiger partial charge in [-0.1, -0.05) is 65.7 Å². The molecular formula is C50H54Cl2N6O7. The molecule has 3 aliphatic rings. The topological polar surface area (TPSA) is 156 Å². The van der Waals surface area contributed by atoms with E-state index >= 15 is 0 Å².